The van der Waals surface area contributed by atoms with Gasteiger partial charge in [-0.2, -0.15) is 0 Å². The summed E-state index contributed by atoms with van der Waals surface area (Å²) in [5.41, 5.74) is 4.34. The number of carbonyl (C=O) groups excluding carboxylic acids is 1. The molecule has 0 saturated heterocycles. The smallest absolute Gasteiger partial charge is 0.321 e. The SMILES string of the molecule is CNC(=O)C(C)(C)CC(C)(C)C(N)C(=O)O. The Labute approximate surface area is 96.4 Å². The van der Waals surface area contributed by atoms with E-state index in [0.717, 1.165) is 0 Å². The Bertz CT molecular complexity index is 285. The number of aliphatic carboxylic acids is 1. The minimum atomic E-state index is -1.04. The lowest BCUT2D eigenvalue weighted by Crippen LogP contribution is -2.48. The molecule has 0 radical (unpaired) electrons. The van der Waals surface area contributed by atoms with Crippen LogP contribution in [0.25, 0.3) is 0 Å². The first-order valence-corrected chi connectivity index (χ1v) is 5.25. The number of nitrogens with two attached hydrogens (primary N) is 1. The highest BCUT2D eigenvalue weighted by Crippen LogP contribution is 2.35. The van der Waals surface area contributed by atoms with Gasteiger partial charge in [0.05, 0.1) is 0 Å². The van der Waals surface area contributed by atoms with Gasteiger partial charge < -0.3 is 16.2 Å². The maximum Gasteiger partial charge on any atom is 0.321 e. The van der Waals surface area contributed by atoms with Crippen LogP contribution < -0.4 is 11.1 Å². The predicted molar refractivity (Wildman–Crippen MR) is 61.9 cm³/mol. The Balaban J connectivity index is 4.82. The van der Waals surface area contributed by atoms with Crippen LogP contribution in [-0.2, 0) is 9.59 Å². The van der Waals surface area contributed by atoms with E-state index in [0.29, 0.717) is 6.42 Å². The molecule has 0 aliphatic carbocycles. The number of carboxylic acid groups (broad SMARTS) is 1. The summed E-state index contributed by atoms with van der Waals surface area (Å²) >= 11 is 0. The van der Waals surface area contributed by atoms with E-state index in [-0.39, 0.29) is 5.91 Å². The molecule has 0 aromatic heterocycles. The second kappa shape index (κ2) is 4.82. The van der Waals surface area contributed by atoms with E-state index in [2.05, 4.69) is 5.32 Å². The summed E-state index contributed by atoms with van der Waals surface area (Å²) in [7, 11) is 1.56. The summed E-state index contributed by atoms with van der Waals surface area (Å²) < 4.78 is 0. The summed E-state index contributed by atoms with van der Waals surface area (Å²) in [6.07, 6.45) is 0.410. The molecule has 0 aliphatic heterocycles. The molecule has 1 unspecified atom stereocenters. The van der Waals surface area contributed by atoms with Crippen LogP contribution in [0.3, 0.4) is 0 Å². The number of carbonyl (C=O) groups is 2. The van der Waals surface area contributed by atoms with E-state index in [1.165, 1.54) is 0 Å². The molecule has 4 N–H and O–H groups in total. The van der Waals surface area contributed by atoms with Crippen molar-refractivity contribution < 1.29 is 14.7 Å². The van der Waals surface area contributed by atoms with Gasteiger partial charge in [-0.05, 0) is 11.8 Å². The van der Waals surface area contributed by atoms with Gasteiger partial charge in [0.1, 0.15) is 6.04 Å². The van der Waals surface area contributed by atoms with Crippen LogP contribution in [0.1, 0.15) is 34.1 Å². The highest BCUT2D eigenvalue weighted by atomic mass is 16.4. The van der Waals surface area contributed by atoms with E-state index in [1.807, 2.05) is 0 Å². The van der Waals surface area contributed by atoms with Crippen molar-refractivity contribution >= 4 is 11.9 Å². The normalized spacial score (nSPS) is 14.4. The van der Waals surface area contributed by atoms with Gasteiger partial charge in [-0.15, -0.1) is 0 Å². The lowest BCUT2D eigenvalue weighted by molar-refractivity contribution is -0.143. The van der Waals surface area contributed by atoms with Crippen molar-refractivity contribution in [3.8, 4) is 0 Å². The van der Waals surface area contributed by atoms with Gasteiger partial charge in [-0.1, -0.05) is 27.7 Å². The molecule has 0 bridgehead atoms. The number of hydrogen-bond acceptors (Lipinski definition) is 3. The third kappa shape index (κ3) is 3.48. The number of carboxylic acids is 1. The zero-order valence-corrected chi connectivity index (χ0v) is 10.6. The highest BCUT2D eigenvalue weighted by Gasteiger charge is 2.40. The molecule has 94 valence electrons. The second-order valence-electron chi connectivity index (χ2n) is 5.44. The Morgan fingerprint density at radius 3 is 2.06 bits per heavy atom. The van der Waals surface area contributed by atoms with Gasteiger partial charge >= 0.3 is 5.97 Å². The van der Waals surface area contributed by atoms with E-state index in [1.54, 1.807) is 34.7 Å². The molecular formula is C11H22N2O3. The Kier molecular flexibility index (Phi) is 4.49. The van der Waals surface area contributed by atoms with Gasteiger partial charge in [0, 0.05) is 12.5 Å². The largest absolute Gasteiger partial charge is 0.480 e. The molecule has 5 heteroatoms. The molecule has 0 spiro atoms. The fourth-order valence-corrected chi connectivity index (χ4v) is 2.00. The van der Waals surface area contributed by atoms with Crippen LogP contribution in [0.4, 0.5) is 0 Å². The van der Waals surface area contributed by atoms with Crippen LogP contribution in [0, 0.1) is 10.8 Å². The molecule has 0 aromatic carbocycles. The molecule has 0 fully saturated rings. The molecule has 0 saturated carbocycles. The van der Waals surface area contributed by atoms with Gasteiger partial charge in [0.25, 0.3) is 0 Å². The molecule has 0 rings (SSSR count). The Hall–Kier alpha value is -1.10. The lowest BCUT2D eigenvalue weighted by atomic mass is 9.71. The van der Waals surface area contributed by atoms with Gasteiger partial charge in [0.15, 0.2) is 0 Å². The van der Waals surface area contributed by atoms with Crippen molar-refractivity contribution in [1.82, 2.24) is 5.32 Å². The molecule has 0 aliphatic rings. The van der Waals surface area contributed by atoms with Crippen LogP contribution in [0.5, 0.6) is 0 Å². The van der Waals surface area contributed by atoms with E-state index < -0.39 is 22.8 Å². The fraction of sp³-hybridized carbons (Fsp3) is 0.818. The summed E-state index contributed by atoms with van der Waals surface area (Å²) in [5.74, 6) is -1.16. The number of amides is 1. The van der Waals surface area contributed by atoms with Crippen molar-refractivity contribution in [1.29, 1.82) is 0 Å². The minimum Gasteiger partial charge on any atom is -0.480 e. The molecule has 0 heterocycles. The Morgan fingerprint density at radius 2 is 1.75 bits per heavy atom. The Morgan fingerprint density at radius 1 is 1.31 bits per heavy atom. The summed E-state index contributed by atoms with van der Waals surface area (Å²) in [5, 5.41) is 11.5. The predicted octanol–water partition coefficient (Wildman–Crippen LogP) is 0.587. The molecule has 1 atom stereocenters. The molecule has 5 nitrogen and oxygen atoms in total. The van der Waals surface area contributed by atoms with Gasteiger partial charge in [-0.3, -0.25) is 9.59 Å². The van der Waals surface area contributed by atoms with Crippen molar-refractivity contribution in [3.63, 3.8) is 0 Å². The van der Waals surface area contributed by atoms with E-state index >= 15 is 0 Å². The fourth-order valence-electron chi connectivity index (χ4n) is 2.00. The van der Waals surface area contributed by atoms with Gasteiger partial charge in [0.2, 0.25) is 5.91 Å². The molecule has 1 amide bonds. The summed E-state index contributed by atoms with van der Waals surface area (Å²) in [6, 6.07) is -0.976. The maximum absolute atomic E-state index is 11.6. The highest BCUT2D eigenvalue weighted by molar-refractivity contribution is 5.81. The monoisotopic (exact) mass is 230 g/mol. The minimum absolute atomic E-state index is 0.113. The zero-order chi connectivity index (χ0) is 13.1. The number of nitrogens with one attached hydrogen (secondary N) is 1. The molecule has 0 aromatic rings. The summed E-state index contributed by atoms with van der Waals surface area (Å²) in [6.45, 7) is 7.08. The maximum atomic E-state index is 11.6. The van der Waals surface area contributed by atoms with Gasteiger partial charge in [-0.25, -0.2) is 0 Å². The van der Waals surface area contributed by atoms with Crippen molar-refractivity contribution in [2.45, 2.75) is 40.2 Å². The number of rotatable bonds is 5. The first-order chi connectivity index (χ1) is 7.04. The standard InChI is InChI=1S/C11H22N2O3/c1-10(2,7(12)8(14)15)6-11(3,4)9(16)13-5/h7H,6,12H2,1-5H3,(H,13,16)(H,14,15). The van der Waals surface area contributed by atoms with Crippen LogP contribution in [0.2, 0.25) is 0 Å². The van der Waals surface area contributed by atoms with Crippen LogP contribution in [0.15, 0.2) is 0 Å². The molecule has 16 heavy (non-hydrogen) atoms. The zero-order valence-electron chi connectivity index (χ0n) is 10.6. The van der Waals surface area contributed by atoms with Crippen molar-refractivity contribution in [2.75, 3.05) is 7.05 Å². The second-order valence-corrected chi connectivity index (χ2v) is 5.44. The quantitative estimate of drug-likeness (QED) is 0.644. The average molecular weight is 230 g/mol. The lowest BCUT2D eigenvalue weighted by Gasteiger charge is -2.35. The first-order valence-electron chi connectivity index (χ1n) is 5.25. The molecular weight excluding hydrogens is 208 g/mol. The van der Waals surface area contributed by atoms with Crippen LogP contribution >= 0.6 is 0 Å². The van der Waals surface area contributed by atoms with Crippen LogP contribution in [-0.4, -0.2) is 30.1 Å². The summed E-state index contributed by atoms with van der Waals surface area (Å²) in [4.78, 5) is 22.4. The van der Waals surface area contributed by atoms with E-state index in [4.69, 9.17) is 10.8 Å². The third-order valence-corrected chi connectivity index (χ3v) is 2.85. The van der Waals surface area contributed by atoms with Crippen molar-refractivity contribution in [3.05, 3.63) is 0 Å². The van der Waals surface area contributed by atoms with Crippen molar-refractivity contribution in [2.24, 2.45) is 16.6 Å². The topological polar surface area (TPSA) is 92.4 Å². The number of hydrogen-bond donors (Lipinski definition) is 3. The average Bonchev–Trinajstić information content (AvgIpc) is 2.13. The third-order valence-electron chi connectivity index (χ3n) is 2.85. The first kappa shape index (κ1) is 14.9. The van der Waals surface area contributed by atoms with E-state index in [9.17, 15) is 9.59 Å².